The molecule has 7 atom stereocenters. The molecule has 0 saturated heterocycles. The summed E-state index contributed by atoms with van der Waals surface area (Å²) in [6.07, 6.45) is 47.8. The van der Waals surface area contributed by atoms with E-state index >= 15 is 0 Å². The number of thioether (sulfide) groups is 1. The quantitative estimate of drug-likeness (QED) is 0.0199. The van der Waals surface area contributed by atoms with E-state index in [2.05, 4.69) is 52.7 Å². The third-order valence-corrected chi connectivity index (χ3v) is 19.9. The molecule has 590 valence electrons. The van der Waals surface area contributed by atoms with E-state index in [0.717, 1.165) is 64.2 Å². The minimum atomic E-state index is -1.61. The minimum Gasteiger partial charge on any atom is -0.480 e. The van der Waals surface area contributed by atoms with E-state index in [9.17, 15) is 53.4 Å². The van der Waals surface area contributed by atoms with Gasteiger partial charge in [0.15, 0.2) is 0 Å². The van der Waals surface area contributed by atoms with E-state index < -0.39 is 90.4 Å². The Morgan fingerprint density at radius 2 is 0.663 bits per heavy atom. The number of aliphatic hydroxyl groups excluding tert-OH is 1. The van der Waals surface area contributed by atoms with Crippen LogP contribution in [0.1, 0.15) is 355 Å². The summed E-state index contributed by atoms with van der Waals surface area (Å²) >= 11 is 1.20. The highest BCUT2D eigenvalue weighted by Gasteiger charge is 2.33. The number of carbonyl (C=O) groups is 9. The van der Waals surface area contributed by atoms with Crippen molar-refractivity contribution in [2.24, 2.45) is 17.2 Å². The van der Waals surface area contributed by atoms with E-state index in [1.165, 1.54) is 186 Å². The molecule has 0 aliphatic heterocycles. The van der Waals surface area contributed by atoms with Crippen LogP contribution >= 0.6 is 11.8 Å². The van der Waals surface area contributed by atoms with E-state index in [1.807, 2.05) is 0 Å². The fourth-order valence-corrected chi connectivity index (χ4v) is 13.3. The highest BCUT2D eigenvalue weighted by atomic mass is 32.2. The Bertz CT molecular complexity index is 2100. The third kappa shape index (κ3) is 57.4. The predicted octanol–water partition coefficient (Wildman–Crippen LogP) is 13.0. The molecule has 0 aliphatic rings. The lowest BCUT2D eigenvalue weighted by molar-refractivity contribution is -0.157. The molecular formula is C78H149N9O13S. The van der Waals surface area contributed by atoms with Gasteiger partial charge in [0, 0.05) is 30.8 Å². The number of carbonyl (C=O) groups excluding carboxylic acids is 8. The second-order valence-corrected chi connectivity index (χ2v) is 29.4. The first-order chi connectivity index (χ1) is 49.0. The third-order valence-electron chi connectivity index (χ3n) is 18.7. The Kier molecular flexibility index (Phi) is 66.6. The smallest absolute Gasteiger partial charge is 0.326 e. The zero-order chi connectivity index (χ0) is 74.6. The molecule has 0 radical (unpaired) electrons. The summed E-state index contributed by atoms with van der Waals surface area (Å²) in [5.74, 6) is -6.36. The van der Waals surface area contributed by atoms with Crippen LogP contribution in [-0.2, 0) is 52.6 Å². The average molecular weight is 1450 g/mol. The van der Waals surface area contributed by atoms with Crippen molar-refractivity contribution < 1.29 is 62.8 Å². The van der Waals surface area contributed by atoms with Crippen molar-refractivity contribution in [1.29, 1.82) is 0 Å². The largest absolute Gasteiger partial charge is 0.480 e. The van der Waals surface area contributed by atoms with E-state index in [4.69, 9.17) is 26.7 Å². The van der Waals surface area contributed by atoms with Crippen LogP contribution in [0.3, 0.4) is 0 Å². The van der Waals surface area contributed by atoms with Gasteiger partial charge in [0.05, 0.1) is 6.61 Å². The first-order valence-corrected chi connectivity index (χ1v) is 41.8. The average Bonchev–Trinajstić information content (AvgIpc) is 0.878. The molecule has 0 bridgehead atoms. The van der Waals surface area contributed by atoms with Gasteiger partial charge >= 0.3 is 17.9 Å². The van der Waals surface area contributed by atoms with Crippen molar-refractivity contribution in [3.05, 3.63) is 0 Å². The zero-order valence-electron chi connectivity index (χ0n) is 64.1. The summed E-state index contributed by atoms with van der Waals surface area (Å²) in [6, 6.07) is -7.80. The summed E-state index contributed by atoms with van der Waals surface area (Å²) in [7, 11) is 0. The van der Waals surface area contributed by atoms with Gasteiger partial charge in [-0.1, -0.05) is 252 Å². The number of nitrogens with two attached hydrogens (primary N) is 3. The molecule has 0 spiro atoms. The zero-order valence-corrected chi connectivity index (χ0v) is 64.9. The molecular weight excluding hydrogens is 1300 g/mol. The number of esters is 2. The highest BCUT2D eigenvalue weighted by molar-refractivity contribution is 7.99. The summed E-state index contributed by atoms with van der Waals surface area (Å²) in [5.41, 5.74) is 17.2. The number of aliphatic hydroxyl groups is 1. The second kappa shape index (κ2) is 69.8. The Morgan fingerprint density at radius 3 is 1.04 bits per heavy atom. The lowest BCUT2D eigenvalue weighted by Crippen LogP contribution is -2.60. The fraction of sp³-hybridized carbons (Fsp3) is 0.885. The van der Waals surface area contributed by atoms with Gasteiger partial charge in [-0.2, -0.15) is 11.8 Å². The molecule has 14 N–H and O–H groups in total. The van der Waals surface area contributed by atoms with E-state index in [0.29, 0.717) is 70.9 Å². The number of carboxylic acid groups (broad SMARTS) is 1. The molecule has 0 heterocycles. The summed E-state index contributed by atoms with van der Waals surface area (Å²) in [4.78, 5) is 122. The molecule has 0 aromatic carbocycles. The summed E-state index contributed by atoms with van der Waals surface area (Å²) < 4.78 is 11.7. The first-order valence-electron chi connectivity index (χ1n) is 40.7. The number of carboxylic acids is 1. The lowest BCUT2D eigenvalue weighted by atomic mass is 10.0. The topological polar surface area (TPSA) is 363 Å². The number of ether oxygens (including phenoxy) is 2. The number of amides is 6. The maximum Gasteiger partial charge on any atom is 0.326 e. The van der Waals surface area contributed by atoms with Crippen LogP contribution in [0, 0.1) is 0 Å². The number of rotatable bonds is 74. The summed E-state index contributed by atoms with van der Waals surface area (Å²) in [5, 5.41) is 36.3. The second-order valence-electron chi connectivity index (χ2n) is 28.3. The minimum absolute atomic E-state index is 0.0476. The van der Waals surface area contributed by atoms with Gasteiger partial charge in [0.2, 0.25) is 35.4 Å². The normalized spacial score (nSPS) is 13.4. The molecule has 0 fully saturated rings. The Balaban J connectivity index is 6.44. The standard InChI is InChI=1S/C78H149N9O13S/c1-5-8-11-14-17-20-23-26-29-32-35-38-41-53-70(89)83-69(62-101-61-64(100-72(91)55-43-40-37-34-31-28-25-22-19-16-13-10-7-3)60-99-71(90)54-42-39-36-33-30-27-24-21-18-15-12-9-6-2)77(96)87-68(59-88)76(95)85-66(51-45-48-57-80)75(94)84-65(50-44-47-56-79)74(93)82-63(4)73(92)86-67(78(97)98)52-46-49-58-81/h63-69,88H,5-62,79-81H2,1-4H3,(H,82,93)(H,83,89)(H,84,94)(H,85,95)(H,86,92)(H,87,96)(H,97,98)/t63-,64+,65-,66-,67-,68-,69-/m0/s1. The van der Waals surface area contributed by atoms with Crippen LogP contribution in [0.5, 0.6) is 0 Å². The van der Waals surface area contributed by atoms with E-state index in [1.54, 1.807) is 0 Å². The van der Waals surface area contributed by atoms with Crippen molar-refractivity contribution >= 4 is 65.1 Å². The monoisotopic (exact) mass is 1450 g/mol. The fourth-order valence-electron chi connectivity index (χ4n) is 12.2. The molecule has 6 amide bonds. The number of hydrogen-bond donors (Lipinski definition) is 11. The van der Waals surface area contributed by atoms with Crippen molar-refractivity contribution in [3.63, 3.8) is 0 Å². The number of hydrogen-bond acceptors (Lipinski definition) is 16. The van der Waals surface area contributed by atoms with Crippen molar-refractivity contribution in [2.45, 2.75) is 398 Å². The van der Waals surface area contributed by atoms with Gasteiger partial charge in [-0.3, -0.25) is 38.4 Å². The Morgan fingerprint density at radius 1 is 0.347 bits per heavy atom. The molecule has 0 aromatic heterocycles. The molecule has 0 saturated carbocycles. The lowest BCUT2D eigenvalue weighted by Gasteiger charge is -2.27. The summed E-state index contributed by atoms with van der Waals surface area (Å²) in [6.45, 7) is 7.91. The maximum absolute atomic E-state index is 14.4. The maximum atomic E-state index is 14.4. The molecule has 0 aliphatic carbocycles. The molecule has 0 rings (SSSR count). The van der Waals surface area contributed by atoms with Crippen molar-refractivity contribution in [2.75, 3.05) is 44.4 Å². The van der Waals surface area contributed by atoms with Crippen LogP contribution in [0.2, 0.25) is 0 Å². The molecule has 22 nitrogen and oxygen atoms in total. The van der Waals surface area contributed by atoms with Gasteiger partial charge < -0.3 is 68.8 Å². The van der Waals surface area contributed by atoms with Crippen LogP contribution in [-0.4, -0.2) is 150 Å². The predicted molar refractivity (Wildman–Crippen MR) is 410 cm³/mol. The van der Waals surface area contributed by atoms with Gasteiger partial charge in [-0.25, -0.2) is 4.79 Å². The van der Waals surface area contributed by atoms with E-state index in [-0.39, 0.29) is 75.1 Å². The van der Waals surface area contributed by atoms with Crippen LogP contribution in [0.25, 0.3) is 0 Å². The van der Waals surface area contributed by atoms with Gasteiger partial charge in [0.1, 0.15) is 49.0 Å². The number of nitrogens with one attached hydrogen (secondary N) is 6. The molecule has 0 aromatic rings. The molecule has 101 heavy (non-hydrogen) atoms. The van der Waals surface area contributed by atoms with Gasteiger partial charge in [-0.05, 0) is 104 Å². The molecule has 0 unspecified atom stereocenters. The Labute approximate surface area is 616 Å². The Hall–Kier alpha value is -4.58. The van der Waals surface area contributed by atoms with Gasteiger partial charge in [0.25, 0.3) is 0 Å². The van der Waals surface area contributed by atoms with Crippen molar-refractivity contribution in [3.8, 4) is 0 Å². The highest BCUT2D eigenvalue weighted by Crippen LogP contribution is 2.19. The first kappa shape index (κ1) is 96.4. The van der Waals surface area contributed by atoms with Crippen LogP contribution in [0.15, 0.2) is 0 Å². The number of unbranched alkanes of at least 4 members (excludes halogenated alkanes) is 39. The van der Waals surface area contributed by atoms with Crippen LogP contribution < -0.4 is 49.1 Å². The van der Waals surface area contributed by atoms with Gasteiger partial charge in [-0.15, -0.1) is 0 Å². The SMILES string of the molecule is CCCCCCCCCCCCCCCC(=O)N[C@@H](CSC[C@@H](COC(=O)CCCCCCCCCCCCCCC)OC(=O)CCCCCCCCCCCCCCC)C(=O)N[C@@H](CO)C(=O)N[C@@H](CCCCN)C(=O)N[C@@H](CCCCN)C(=O)N[C@@H](C)C(=O)N[C@@H](CCCCN)C(=O)O. The molecule has 23 heteroatoms. The number of aliphatic carboxylic acids is 1. The van der Waals surface area contributed by atoms with Crippen molar-refractivity contribution in [1.82, 2.24) is 31.9 Å². The van der Waals surface area contributed by atoms with Crippen LogP contribution in [0.4, 0.5) is 0 Å².